The second kappa shape index (κ2) is 6.71. The summed E-state index contributed by atoms with van der Waals surface area (Å²) in [4.78, 5) is 25.3. The van der Waals surface area contributed by atoms with Gasteiger partial charge in [0, 0.05) is 17.6 Å². The fraction of sp³-hybridized carbons (Fsp3) is 0.474. The highest BCUT2D eigenvalue weighted by Crippen LogP contribution is 2.44. The van der Waals surface area contributed by atoms with E-state index < -0.39 is 11.2 Å². The standard InChI is InChI=1S/C19H23ClN2O3/c1-19(2)9-4-7-15(19)22-17(24)12-16(23)21(18(22)25)10-8-13-5-3-6-14(20)11-13/h3,5-6,11-12,15,23H,4,7-10H2,1-2H3/t15-/m1/s1. The number of benzene rings is 1. The Bertz CT molecular complexity index is 898. The molecule has 0 radical (unpaired) electrons. The molecule has 1 aromatic carbocycles. The lowest BCUT2D eigenvalue weighted by Crippen LogP contribution is -2.44. The Morgan fingerprint density at radius 1 is 1.28 bits per heavy atom. The predicted molar refractivity (Wildman–Crippen MR) is 98.5 cm³/mol. The molecule has 0 amide bonds. The second-order valence-electron chi connectivity index (χ2n) is 7.42. The highest BCUT2D eigenvalue weighted by atomic mass is 35.5. The van der Waals surface area contributed by atoms with Gasteiger partial charge in [-0.2, -0.15) is 0 Å². The van der Waals surface area contributed by atoms with Gasteiger partial charge in [-0.1, -0.05) is 44.0 Å². The van der Waals surface area contributed by atoms with Gasteiger partial charge in [0.2, 0.25) is 5.88 Å². The fourth-order valence-corrected chi connectivity index (χ4v) is 4.01. The predicted octanol–water partition coefficient (Wildman–Crippen LogP) is 3.36. The van der Waals surface area contributed by atoms with Crippen molar-refractivity contribution in [2.75, 3.05) is 0 Å². The summed E-state index contributed by atoms with van der Waals surface area (Å²) in [5.74, 6) is -0.288. The molecule has 2 aromatic rings. The lowest BCUT2D eigenvalue weighted by atomic mass is 9.87. The minimum absolute atomic E-state index is 0.106. The van der Waals surface area contributed by atoms with E-state index in [1.165, 1.54) is 9.13 Å². The molecule has 5 nitrogen and oxygen atoms in total. The van der Waals surface area contributed by atoms with Crippen molar-refractivity contribution in [1.82, 2.24) is 9.13 Å². The minimum atomic E-state index is -0.438. The van der Waals surface area contributed by atoms with Crippen molar-refractivity contribution in [2.45, 2.75) is 52.1 Å². The van der Waals surface area contributed by atoms with E-state index >= 15 is 0 Å². The number of hydrogen-bond acceptors (Lipinski definition) is 3. The van der Waals surface area contributed by atoms with Crippen LogP contribution in [0.2, 0.25) is 5.02 Å². The number of aromatic nitrogens is 2. The molecule has 1 atom stereocenters. The van der Waals surface area contributed by atoms with Gasteiger partial charge in [-0.05, 0) is 42.4 Å². The third-order valence-electron chi connectivity index (χ3n) is 5.23. The van der Waals surface area contributed by atoms with Crippen molar-refractivity contribution >= 4 is 11.6 Å². The van der Waals surface area contributed by atoms with Crippen LogP contribution in [0.3, 0.4) is 0 Å². The molecule has 1 saturated carbocycles. The quantitative estimate of drug-likeness (QED) is 0.907. The van der Waals surface area contributed by atoms with Crippen LogP contribution in [0.5, 0.6) is 5.88 Å². The monoisotopic (exact) mass is 362 g/mol. The van der Waals surface area contributed by atoms with Crippen molar-refractivity contribution in [3.8, 4) is 5.88 Å². The molecular formula is C19H23ClN2O3. The lowest BCUT2D eigenvalue weighted by molar-refractivity contribution is 0.241. The molecule has 1 heterocycles. The topological polar surface area (TPSA) is 64.2 Å². The van der Waals surface area contributed by atoms with Gasteiger partial charge in [0.1, 0.15) is 0 Å². The molecule has 0 spiro atoms. The van der Waals surface area contributed by atoms with Crippen LogP contribution in [-0.2, 0) is 13.0 Å². The van der Waals surface area contributed by atoms with Crippen LogP contribution in [0.15, 0.2) is 39.9 Å². The molecule has 3 rings (SSSR count). The van der Waals surface area contributed by atoms with Crippen LogP contribution in [0, 0.1) is 5.41 Å². The first-order chi connectivity index (χ1) is 11.8. The van der Waals surface area contributed by atoms with E-state index in [0.717, 1.165) is 30.9 Å². The van der Waals surface area contributed by atoms with E-state index in [1.807, 2.05) is 18.2 Å². The van der Waals surface area contributed by atoms with E-state index in [2.05, 4.69) is 13.8 Å². The molecule has 1 aromatic heterocycles. The highest BCUT2D eigenvalue weighted by molar-refractivity contribution is 6.30. The van der Waals surface area contributed by atoms with Crippen LogP contribution in [0.4, 0.5) is 0 Å². The summed E-state index contributed by atoms with van der Waals surface area (Å²) in [6.45, 7) is 4.46. The van der Waals surface area contributed by atoms with Crippen molar-refractivity contribution < 1.29 is 5.11 Å². The third-order valence-corrected chi connectivity index (χ3v) is 5.46. The van der Waals surface area contributed by atoms with E-state index in [4.69, 9.17) is 11.6 Å². The fourth-order valence-electron chi connectivity index (χ4n) is 3.80. The summed E-state index contributed by atoms with van der Waals surface area (Å²) in [5.41, 5.74) is -0.00341. The molecule has 0 aliphatic heterocycles. The molecule has 25 heavy (non-hydrogen) atoms. The number of aryl methyl sites for hydroxylation is 1. The first-order valence-electron chi connectivity index (χ1n) is 8.59. The summed E-state index contributed by atoms with van der Waals surface area (Å²) in [6.07, 6.45) is 3.32. The van der Waals surface area contributed by atoms with Crippen molar-refractivity contribution in [3.63, 3.8) is 0 Å². The summed E-state index contributed by atoms with van der Waals surface area (Å²) in [7, 11) is 0. The average Bonchev–Trinajstić information content (AvgIpc) is 2.86. The van der Waals surface area contributed by atoms with Crippen LogP contribution in [0.1, 0.15) is 44.7 Å². The summed E-state index contributed by atoms with van der Waals surface area (Å²) < 4.78 is 2.60. The van der Waals surface area contributed by atoms with E-state index in [-0.39, 0.29) is 17.3 Å². The Hall–Kier alpha value is -2.01. The minimum Gasteiger partial charge on any atom is -0.494 e. The first-order valence-corrected chi connectivity index (χ1v) is 8.97. The Morgan fingerprint density at radius 2 is 2.04 bits per heavy atom. The van der Waals surface area contributed by atoms with Gasteiger partial charge in [0.15, 0.2) is 0 Å². The van der Waals surface area contributed by atoms with E-state index in [9.17, 15) is 14.7 Å². The Kier molecular flexibility index (Phi) is 4.78. The zero-order valence-corrected chi connectivity index (χ0v) is 15.3. The molecule has 134 valence electrons. The van der Waals surface area contributed by atoms with Gasteiger partial charge < -0.3 is 5.11 Å². The van der Waals surface area contributed by atoms with Crippen LogP contribution >= 0.6 is 11.6 Å². The molecule has 1 aliphatic carbocycles. The maximum absolute atomic E-state index is 12.9. The second-order valence-corrected chi connectivity index (χ2v) is 7.86. The zero-order valence-electron chi connectivity index (χ0n) is 14.5. The summed E-state index contributed by atoms with van der Waals surface area (Å²) in [5, 5.41) is 10.8. The van der Waals surface area contributed by atoms with E-state index in [1.54, 1.807) is 6.07 Å². The summed E-state index contributed by atoms with van der Waals surface area (Å²) in [6, 6.07) is 8.40. The Morgan fingerprint density at radius 3 is 2.68 bits per heavy atom. The van der Waals surface area contributed by atoms with Crippen LogP contribution in [0.25, 0.3) is 0 Å². The van der Waals surface area contributed by atoms with Gasteiger partial charge in [-0.15, -0.1) is 0 Å². The number of hydrogen-bond donors (Lipinski definition) is 1. The Labute approximate surface area is 151 Å². The van der Waals surface area contributed by atoms with Gasteiger partial charge in [-0.3, -0.25) is 13.9 Å². The molecular weight excluding hydrogens is 340 g/mol. The van der Waals surface area contributed by atoms with Crippen molar-refractivity contribution in [1.29, 1.82) is 0 Å². The number of halogens is 1. The average molecular weight is 363 g/mol. The van der Waals surface area contributed by atoms with Gasteiger partial charge >= 0.3 is 5.69 Å². The van der Waals surface area contributed by atoms with Gasteiger partial charge in [0.05, 0.1) is 6.07 Å². The molecule has 1 N–H and O–H groups in total. The van der Waals surface area contributed by atoms with Crippen LogP contribution < -0.4 is 11.2 Å². The lowest BCUT2D eigenvalue weighted by Gasteiger charge is -2.28. The number of rotatable bonds is 4. The molecule has 1 aliphatic rings. The maximum Gasteiger partial charge on any atom is 0.334 e. The molecule has 6 heteroatoms. The first kappa shape index (κ1) is 17.8. The molecule has 0 bridgehead atoms. The molecule has 1 fully saturated rings. The SMILES string of the molecule is CC1(C)CCC[C@H]1n1c(=O)cc(O)n(CCc2cccc(Cl)c2)c1=O. The number of nitrogens with zero attached hydrogens (tertiary/aromatic N) is 2. The van der Waals surface area contributed by atoms with Gasteiger partial charge in [-0.25, -0.2) is 4.79 Å². The zero-order chi connectivity index (χ0) is 18.2. The van der Waals surface area contributed by atoms with Crippen molar-refractivity contribution in [2.24, 2.45) is 5.41 Å². The smallest absolute Gasteiger partial charge is 0.334 e. The maximum atomic E-state index is 12.9. The molecule has 0 unspecified atom stereocenters. The van der Waals surface area contributed by atoms with Gasteiger partial charge in [0.25, 0.3) is 5.56 Å². The van der Waals surface area contributed by atoms with Crippen molar-refractivity contribution in [3.05, 3.63) is 61.8 Å². The normalized spacial score (nSPS) is 19.2. The largest absolute Gasteiger partial charge is 0.494 e. The summed E-state index contributed by atoms with van der Waals surface area (Å²) >= 11 is 5.99. The molecule has 0 saturated heterocycles. The highest BCUT2D eigenvalue weighted by Gasteiger charge is 2.37. The van der Waals surface area contributed by atoms with Crippen LogP contribution in [-0.4, -0.2) is 14.2 Å². The Balaban J connectivity index is 1.96. The van der Waals surface area contributed by atoms with E-state index in [0.29, 0.717) is 18.0 Å². The third kappa shape index (κ3) is 3.52. The number of aromatic hydroxyl groups is 1.